The third-order valence-electron chi connectivity index (χ3n) is 3.70. The summed E-state index contributed by atoms with van der Waals surface area (Å²) in [6.45, 7) is 1.11. The zero-order valence-corrected chi connectivity index (χ0v) is 14.9. The van der Waals surface area contributed by atoms with Gasteiger partial charge in [0.25, 0.3) is 11.8 Å². The first-order valence-electron chi connectivity index (χ1n) is 8.19. The van der Waals surface area contributed by atoms with Crippen molar-refractivity contribution in [2.24, 2.45) is 0 Å². The number of hydrogen-bond acceptors (Lipinski definition) is 3. The molecule has 0 radical (unpaired) electrons. The van der Waals surface area contributed by atoms with Gasteiger partial charge in [0, 0.05) is 24.3 Å². The van der Waals surface area contributed by atoms with Crippen LogP contribution in [0.4, 0.5) is 18.9 Å². The number of halogens is 3. The van der Waals surface area contributed by atoms with Crippen LogP contribution in [0.15, 0.2) is 48.5 Å². The number of benzene rings is 2. The van der Waals surface area contributed by atoms with Crippen molar-refractivity contribution in [1.82, 2.24) is 10.2 Å². The number of alkyl halides is 3. The Morgan fingerprint density at radius 1 is 1.00 bits per heavy atom. The van der Waals surface area contributed by atoms with Gasteiger partial charge in [-0.3, -0.25) is 9.59 Å². The summed E-state index contributed by atoms with van der Waals surface area (Å²) in [6, 6.07) is 10.6. The first-order chi connectivity index (χ1) is 12.7. The van der Waals surface area contributed by atoms with Gasteiger partial charge in [0.2, 0.25) is 0 Å². The fourth-order valence-electron chi connectivity index (χ4n) is 2.36. The minimum Gasteiger partial charge on any atom is -0.351 e. The van der Waals surface area contributed by atoms with E-state index in [1.807, 2.05) is 19.0 Å². The summed E-state index contributed by atoms with van der Waals surface area (Å²) in [7, 11) is 3.75. The number of nitrogens with zero attached hydrogens (tertiary/aromatic N) is 1. The fraction of sp³-hybridized carbons (Fsp3) is 0.263. The molecule has 2 amide bonds. The van der Waals surface area contributed by atoms with Gasteiger partial charge in [-0.25, -0.2) is 0 Å². The van der Waals surface area contributed by atoms with Crippen molar-refractivity contribution >= 4 is 17.5 Å². The molecule has 27 heavy (non-hydrogen) atoms. The Morgan fingerprint density at radius 2 is 1.70 bits per heavy atom. The van der Waals surface area contributed by atoms with Gasteiger partial charge in [-0.15, -0.1) is 0 Å². The van der Waals surface area contributed by atoms with Gasteiger partial charge in [-0.2, -0.15) is 13.2 Å². The molecular formula is C19H20F3N3O2. The topological polar surface area (TPSA) is 61.4 Å². The highest BCUT2D eigenvalue weighted by Gasteiger charge is 2.34. The Hall–Kier alpha value is -2.87. The smallest absolute Gasteiger partial charge is 0.351 e. The van der Waals surface area contributed by atoms with Crippen LogP contribution in [0.1, 0.15) is 26.3 Å². The van der Waals surface area contributed by atoms with Gasteiger partial charge < -0.3 is 15.5 Å². The third kappa shape index (κ3) is 5.82. The molecule has 0 spiro atoms. The Labute approximate surface area is 155 Å². The number of carbonyl (C=O) groups excluding carboxylic acids is 2. The molecule has 5 nitrogen and oxygen atoms in total. The van der Waals surface area contributed by atoms with Gasteiger partial charge in [-0.05, 0) is 44.4 Å². The lowest BCUT2D eigenvalue weighted by Gasteiger charge is -2.13. The molecule has 2 N–H and O–H groups in total. The predicted molar refractivity (Wildman–Crippen MR) is 96.7 cm³/mol. The molecule has 0 saturated heterocycles. The maximum atomic E-state index is 13.1. The Bertz CT molecular complexity index is 820. The van der Waals surface area contributed by atoms with Crippen LogP contribution in [0.25, 0.3) is 0 Å². The zero-order valence-electron chi connectivity index (χ0n) is 14.9. The van der Waals surface area contributed by atoms with Gasteiger partial charge in [0.1, 0.15) is 0 Å². The lowest BCUT2D eigenvalue weighted by molar-refractivity contribution is -0.137. The lowest BCUT2D eigenvalue weighted by Crippen LogP contribution is -2.31. The van der Waals surface area contributed by atoms with E-state index in [0.717, 1.165) is 12.1 Å². The lowest BCUT2D eigenvalue weighted by atomic mass is 10.1. The highest BCUT2D eigenvalue weighted by atomic mass is 19.4. The second-order valence-corrected chi connectivity index (χ2v) is 6.14. The van der Waals surface area contributed by atoms with Crippen LogP contribution in [-0.4, -0.2) is 43.9 Å². The monoisotopic (exact) mass is 379 g/mol. The molecule has 0 heterocycles. The van der Waals surface area contributed by atoms with E-state index in [9.17, 15) is 22.8 Å². The van der Waals surface area contributed by atoms with Crippen LogP contribution in [0.3, 0.4) is 0 Å². The molecule has 0 atom stereocenters. The summed E-state index contributed by atoms with van der Waals surface area (Å²) >= 11 is 0. The van der Waals surface area contributed by atoms with Crippen LogP contribution in [-0.2, 0) is 6.18 Å². The van der Waals surface area contributed by atoms with Crippen molar-refractivity contribution in [2.45, 2.75) is 6.18 Å². The summed E-state index contributed by atoms with van der Waals surface area (Å²) in [5.41, 5.74) is -0.959. The van der Waals surface area contributed by atoms with Crippen molar-refractivity contribution < 1.29 is 22.8 Å². The molecule has 144 valence electrons. The SMILES string of the molecule is CN(C)CCNC(=O)c1cccc(NC(=O)c2ccccc2C(F)(F)F)c1. The molecule has 0 aliphatic rings. The highest BCUT2D eigenvalue weighted by molar-refractivity contribution is 6.06. The summed E-state index contributed by atoms with van der Waals surface area (Å²) in [6.07, 6.45) is -4.64. The Kier molecular flexibility index (Phi) is 6.57. The minimum atomic E-state index is -4.64. The second kappa shape index (κ2) is 8.68. The minimum absolute atomic E-state index is 0.234. The fourth-order valence-corrected chi connectivity index (χ4v) is 2.36. The largest absolute Gasteiger partial charge is 0.417 e. The van der Waals surface area contributed by atoms with E-state index in [1.54, 1.807) is 12.1 Å². The Balaban J connectivity index is 2.13. The molecule has 0 unspecified atom stereocenters. The molecule has 2 aromatic carbocycles. The number of hydrogen-bond donors (Lipinski definition) is 2. The molecule has 8 heteroatoms. The van der Waals surface area contributed by atoms with Crippen LogP contribution in [0.2, 0.25) is 0 Å². The second-order valence-electron chi connectivity index (χ2n) is 6.14. The van der Waals surface area contributed by atoms with Gasteiger partial charge in [-0.1, -0.05) is 18.2 Å². The van der Waals surface area contributed by atoms with E-state index < -0.39 is 23.2 Å². The van der Waals surface area contributed by atoms with E-state index in [1.165, 1.54) is 24.3 Å². The normalized spacial score (nSPS) is 11.3. The zero-order chi connectivity index (χ0) is 20.0. The number of anilines is 1. The van der Waals surface area contributed by atoms with Crippen molar-refractivity contribution in [3.8, 4) is 0 Å². The Morgan fingerprint density at radius 3 is 2.37 bits per heavy atom. The molecule has 0 bridgehead atoms. The molecule has 2 aromatic rings. The van der Waals surface area contributed by atoms with Gasteiger partial charge in [0.05, 0.1) is 11.1 Å². The van der Waals surface area contributed by atoms with E-state index in [0.29, 0.717) is 18.7 Å². The van der Waals surface area contributed by atoms with Crippen molar-refractivity contribution in [2.75, 3.05) is 32.5 Å². The quantitative estimate of drug-likeness (QED) is 0.810. The van der Waals surface area contributed by atoms with E-state index >= 15 is 0 Å². The van der Waals surface area contributed by atoms with Gasteiger partial charge in [0.15, 0.2) is 0 Å². The molecule has 0 aliphatic carbocycles. The van der Waals surface area contributed by atoms with Crippen molar-refractivity contribution in [3.05, 3.63) is 65.2 Å². The van der Waals surface area contributed by atoms with Crippen LogP contribution in [0, 0.1) is 0 Å². The van der Waals surface area contributed by atoms with Crippen LogP contribution in [0.5, 0.6) is 0 Å². The number of rotatable bonds is 6. The third-order valence-corrected chi connectivity index (χ3v) is 3.70. The molecule has 0 aliphatic heterocycles. The molecular weight excluding hydrogens is 359 g/mol. The molecule has 0 fully saturated rings. The molecule has 0 saturated carbocycles. The summed E-state index contributed by atoms with van der Waals surface area (Å²) in [5.74, 6) is -1.23. The summed E-state index contributed by atoms with van der Waals surface area (Å²) in [5, 5.41) is 5.14. The van der Waals surface area contributed by atoms with Gasteiger partial charge >= 0.3 is 6.18 Å². The molecule has 2 rings (SSSR count). The first kappa shape index (κ1) is 20.4. The maximum absolute atomic E-state index is 13.1. The van der Waals surface area contributed by atoms with E-state index in [2.05, 4.69) is 10.6 Å². The maximum Gasteiger partial charge on any atom is 0.417 e. The number of nitrogens with one attached hydrogen (secondary N) is 2. The average molecular weight is 379 g/mol. The van der Waals surface area contributed by atoms with Crippen molar-refractivity contribution in [1.29, 1.82) is 0 Å². The molecule has 0 aromatic heterocycles. The van der Waals surface area contributed by atoms with E-state index in [4.69, 9.17) is 0 Å². The number of amides is 2. The predicted octanol–water partition coefficient (Wildman–Crippen LogP) is 3.25. The standard InChI is InChI=1S/C19H20F3N3O2/c1-25(2)11-10-23-17(26)13-6-5-7-14(12-13)24-18(27)15-8-3-4-9-16(15)19(20,21)22/h3-9,12H,10-11H2,1-2H3,(H,23,26)(H,24,27). The van der Waals surface area contributed by atoms with E-state index in [-0.39, 0.29) is 11.6 Å². The summed E-state index contributed by atoms with van der Waals surface area (Å²) in [4.78, 5) is 26.3. The summed E-state index contributed by atoms with van der Waals surface area (Å²) < 4.78 is 39.2. The number of carbonyl (C=O) groups is 2. The van der Waals surface area contributed by atoms with Crippen LogP contribution >= 0.6 is 0 Å². The highest BCUT2D eigenvalue weighted by Crippen LogP contribution is 2.32. The average Bonchev–Trinajstić information content (AvgIpc) is 2.60. The number of likely N-dealkylation sites (N-methyl/N-ethyl adjacent to an activating group) is 1. The van der Waals surface area contributed by atoms with Crippen molar-refractivity contribution in [3.63, 3.8) is 0 Å². The van der Waals surface area contributed by atoms with Crippen LogP contribution < -0.4 is 10.6 Å². The first-order valence-corrected chi connectivity index (χ1v) is 8.19.